The first-order valence-corrected chi connectivity index (χ1v) is 7.53. The minimum atomic E-state index is -0.451. The van der Waals surface area contributed by atoms with Gasteiger partial charge in [-0.15, -0.1) is 0 Å². The molecule has 3 nitrogen and oxygen atoms in total. The summed E-state index contributed by atoms with van der Waals surface area (Å²) < 4.78 is 14.5. The summed E-state index contributed by atoms with van der Waals surface area (Å²) in [5.74, 6) is -0.513. The van der Waals surface area contributed by atoms with E-state index in [0.29, 0.717) is 16.6 Å². The van der Waals surface area contributed by atoms with Gasteiger partial charge < -0.3 is 10.6 Å². The molecule has 0 bridgehead atoms. The van der Waals surface area contributed by atoms with Crippen molar-refractivity contribution in [1.82, 2.24) is 0 Å². The fourth-order valence-corrected chi connectivity index (χ4v) is 2.78. The zero-order valence-electron chi connectivity index (χ0n) is 11.2. The topological polar surface area (TPSA) is 41.1 Å². The summed E-state index contributed by atoms with van der Waals surface area (Å²) in [6.07, 6.45) is 1.39. The van der Waals surface area contributed by atoms with Gasteiger partial charge in [0.1, 0.15) is 11.9 Å². The molecule has 0 saturated heterocycles. The van der Waals surface area contributed by atoms with Gasteiger partial charge in [-0.3, -0.25) is 4.79 Å². The van der Waals surface area contributed by atoms with Crippen LogP contribution in [0.3, 0.4) is 0 Å². The van der Waals surface area contributed by atoms with Crippen LogP contribution in [0.4, 0.5) is 15.8 Å². The number of carbonyl (C=O) groups is 1. The van der Waals surface area contributed by atoms with Crippen molar-refractivity contribution in [2.75, 3.05) is 10.6 Å². The minimum absolute atomic E-state index is 0.137. The fraction of sp³-hybridized carbons (Fsp3) is 0.188. The van der Waals surface area contributed by atoms with Gasteiger partial charge in [-0.05, 0) is 42.7 Å². The highest BCUT2D eigenvalue weighted by Gasteiger charge is 2.23. The molecule has 1 amide bonds. The maximum absolute atomic E-state index is 13.9. The number of anilines is 2. The molecule has 5 heteroatoms. The average molecular weight is 349 g/mol. The number of benzene rings is 2. The summed E-state index contributed by atoms with van der Waals surface area (Å²) in [6.45, 7) is 0. The highest BCUT2D eigenvalue weighted by Crippen LogP contribution is 2.25. The van der Waals surface area contributed by atoms with E-state index in [-0.39, 0.29) is 11.7 Å². The fourth-order valence-electron chi connectivity index (χ4n) is 2.44. The van der Waals surface area contributed by atoms with Gasteiger partial charge in [0.25, 0.3) is 0 Å². The van der Waals surface area contributed by atoms with E-state index in [1.807, 2.05) is 24.3 Å². The predicted octanol–water partition coefficient (Wildman–Crippen LogP) is 3.95. The van der Waals surface area contributed by atoms with Crippen LogP contribution in [-0.2, 0) is 11.2 Å². The van der Waals surface area contributed by atoms with Crippen LogP contribution >= 0.6 is 15.9 Å². The van der Waals surface area contributed by atoms with E-state index in [0.717, 1.165) is 17.7 Å². The first-order valence-electron chi connectivity index (χ1n) is 6.74. The van der Waals surface area contributed by atoms with Crippen LogP contribution < -0.4 is 10.6 Å². The number of amides is 1. The molecule has 1 aliphatic heterocycles. The first-order chi connectivity index (χ1) is 10.1. The Kier molecular flexibility index (Phi) is 3.92. The van der Waals surface area contributed by atoms with Gasteiger partial charge in [-0.2, -0.15) is 0 Å². The molecule has 2 aromatic rings. The highest BCUT2D eigenvalue weighted by molar-refractivity contribution is 9.10. The number of hydrogen-bond donors (Lipinski definition) is 2. The molecule has 3 rings (SSSR count). The van der Waals surface area contributed by atoms with Crippen LogP contribution in [0.5, 0.6) is 0 Å². The summed E-state index contributed by atoms with van der Waals surface area (Å²) in [5.41, 5.74) is 2.28. The van der Waals surface area contributed by atoms with E-state index in [2.05, 4.69) is 26.6 Å². The lowest BCUT2D eigenvalue weighted by Gasteiger charge is -2.17. The number of carbonyl (C=O) groups excluding carboxylic acids is 1. The van der Waals surface area contributed by atoms with E-state index >= 15 is 0 Å². The summed E-state index contributed by atoms with van der Waals surface area (Å²) in [7, 11) is 0. The maximum atomic E-state index is 13.9. The molecule has 2 aromatic carbocycles. The van der Waals surface area contributed by atoms with E-state index < -0.39 is 6.04 Å². The molecule has 108 valence electrons. The number of aryl methyl sites for hydroxylation is 1. The van der Waals surface area contributed by atoms with Crippen LogP contribution in [0.15, 0.2) is 46.9 Å². The van der Waals surface area contributed by atoms with Crippen LogP contribution in [0.2, 0.25) is 0 Å². The molecule has 2 N–H and O–H groups in total. The summed E-state index contributed by atoms with van der Waals surface area (Å²) >= 11 is 3.22. The molecule has 0 radical (unpaired) electrons. The lowest BCUT2D eigenvalue weighted by molar-refractivity contribution is -0.116. The molecule has 0 fully saturated rings. The van der Waals surface area contributed by atoms with Crippen molar-refractivity contribution >= 4 is 33.2 Å². The molecule has 0 saturated carbocycles. The number of halogens is 2. The number of rotatable bonds is 2. The van der Waals surface area contributed by atoms with Gasteiger partial charge in [-0.25, -0.2) is 4.39 Å². The maximum Gasteiger partial charge on any atom is 0.246 e. The van der Waals surface area contributed by atoms with Crippen LogP contribution in [-0.4, -0.2) is 11.9 Å². The third-order valence-electron chi connectivity index (χ3n) is 3.55. The Morgan fingerprint density at radius 2 is 2.05 bits per heavy atom. The Labute approximate surface area is 130 Å². The monoisotopic (exact) mass is 348 g/mol. The Morgan fingerprint density at radius 1 is 1.24 bits per heavy atom. The van der Waals surface area contributed by atoms with Crippen molar-refractivity contribution in [2.24, 2.45) is 0 Å². The standard InChI is InChI=1S/C16H14BrFN2O/c17-11-6-8-14(12(18)9-11)19-15-7-5-10-3-1-2-4-13(10)20-16(15)21/h1-4,6,8-9,15,19H,5,7H2,(H,20,21). The summed E-state index contributed by atoms with van der Waals surface area (Å²) in [5, 5.41) is 5.88. The van der Waals surface area contributed by atoms with Crippen molar-refractivity contribution in [3.63, 3.8) is 0 Å². The molecular formula is C16H14BrFN2O. The number of nitrogens with one attached hydrogen (secondary N) is 2. The van der Waals surface area contributed by atoms with Crippen molar-refractivity contribution in [3.8, 4) is 0 Å². The molecule has 1 aliphatic rings. The number of hydrogen-bond acceptors (Lipinski definition) is 2. The second kappa shape index (κ2) is 5.85. The Balaban J connectivity index is 1.80. The molecule has 0 aromatic heterocycles. The first kappa shape index (κ1) is 14.1. The zero-order valence-corrected chi connectivity index (χ0v) is 12.8. The predicted molar refractivity (Wildman–Crippen MR) is 84.9 cm³/mol. The Hall–Kier alpha value is -1.88. The molecule has 21 heavy (non-hydrogen) atoms. The molecular weight excluding hydrogens is 335 g/mol. The van der Waals surface area contributed by atoms with E-state index in [9.17, 15) is 9.18 Å². The second-order valence-electron chi connectivity index (χ2n) is 5.01. The van der Waals surface area contributed by atoms with Crippen LogP contribution in [0.25, 0.3) is 0 Å². The van der Waals surface area contributed by atoms with Gasteiger partial charge in [0.2, 0.25) is 5.91 Å². The summed E-state index contributed by atoms with van der Waals surface area (Å²) in [4.78, 5) is 12.3. The lowest BCUT2D eigenvalue weighted by Crippen LogP contribution is -2.33. The van der Waals surface area contributed by atoms with Gasteiger partial charge in [0, 0.05) is 10.2 Å². The van der Waals surface area contributed by atoms with E-state index in [1.165, 1.54) is 6.07 Å². The third-order valence-corrected chi connectivity index (χ3v) is 4.05. The number of fused-ring (bicyclic) bond motifs is 1. The largest absolute Gasteiger partial charge is 0.371 e. The minimum Gasteiger partial charge on any atom is -0.371 e. The van der Waals surface area contributed by atoms with E-state index in [1.54, 1.807) is 12.1 Å². The van der Waals surface area contributed by atoms with E-state index in [4.69, 9.17) is 0 Å². The van der Waals surface area contributed by atoms with Crippen LogP contribution in [0.1, 0.15) is 12.0 Å². The Bertz CT molecular complexity index is 690. The molecule has 1 atom stereocenters. The van der Waals surface area contributed by atoms with Gasteiger partial charge >= 0.3 is 0 Å². The van der Waals surface area contributed by atoms with Crippen molar-refractivity contribution in [1.29, 1.82) is 0 Å². The normalized spacial score (nSPS) is 17.6. The molecule has 0 aliphatic carbocycles. The van der Waals surface area contributed by atoms with Crippen molar-refractivity contribution < 1.29 is 9.18 Å². The van der Waals surface area contributed by atoms with Crippen molar-refractivity contribution in [3.05, 3.63) is 58.3 Å². The quantitative estimate of drug-likeness (QED) is 0.862. The zero-order chi connectivity index (χ0) is 14.8. The molecule has 0 spiro atoms. The number of para-hydroxylation sites is 1. The molecule has 1 unspecified atom stereocenters. The van der Waals surface area contributed by atoms with Gasteiger partial charge in [-0.1, -0.05) is 34.1 Å². The lowest BCUT2D eigenvalue weighted by atomic mass is 10.1. The average Bonchev–Trinajstić information content (AvgIpc) is 2.61. The molecule has 1 heterocycles. The van der Waals surface area contributed by atoms with Crippen LogP contribution in [0, 0.1) is 5.82 Å². The van der Waals surface area contributed by atoms with Gasteiger partial charge in [0.05, 0.1) is 5.69 Å². The van der Waals surface area contributed by atoms with Crippen molar-refractivity contribution in [2.45, 2.75) is 18.9 Å². The Morgan fingerprint density at radius 3 is 2.86 bits per heavy atom. The second-order valence-corrected chi connectivity index (χ2v) is 5.92. The highest BCUT2D eigenvalue weighted by atomic mass is 79.9. The van der Waals surface area contributed by atoms with Gasteiger partial charge in [0.15, 0.2) is 0 Å². The third kappa shape index (κ3) is 3.08. The summed E-state index contributed by atoms with van der Waals surface area (Å²) in [6, 6.07) is 12.0. The SMILES string of the molecule is O=C1Nc2ccccc2CCC1Nc1ccc(Br)cc1F. The smallest absolute Gasteiger partial charge is 0.246 e.